The van der Waals surface area contributed by atoms with Crippen LogP contribution in [0.3, 0.4) is 0 Å². The lowest BCUT2D eigenvalue weighted by molar-refractivity contribution is -0.139. The molecule has 0 saturated carbocycles. The number of hydrogen-bond donors (Lipinski definition) is 1. The van der Waals surface area contributed by atoms with Gasteiger partial charge in [0.2, 0.25) is 0 Å². The molecule has 0 radical (unpaired) electrons. The number of thiophene rings is 1. The maximum atomic E-state index is 13.2. The minimum Gasteiger partial charge on any atom is -0.378 e. The number of hydrogen-bond acceptors (Lipinski definition) is 2. The van der Waals surface area contributed by atoms with E-state index in [4.69, 9.17) is 0 Å². The Bertz CT molecular complexity index is 618. The molecule has 0 spiro atoms. The highest BCUT2D eigenvalue weighted by Crippen LogP contribution is 2.34. The van der Waals surface area contributed by atoms with E-state index in [9.17, 15) is 17.6 Å². The van der Waals surface area contributed by atoms with Gasteiger partial charge in [0.05, 0.1) is 11.6 Å². The van der Waals surface area contributed by atoms with Crippen molar-refractivity contribution in [3.05, 3.63) is 51.5 Å². The molecule has 0 amide bonds. The van der Waals surface area contributed by atoms with Crippen LogP contribution in [0.4, 0.5) is 23.2 Å². The highest BCUT2D eigenvalue weighted by molar-refractivity contribution is 7.12. The Morgan fingerprint density at radius 2 is 1.90 bits per heavy atom. The lowest BCUT2D eigenvalue weighted by Gasteiger charge is -2.16. The third-order valence-corrected chi connectivity index (χ3v) is 4.52. The zero-order valence-electron chi connectivity index (χ0n) is 11.6. The number of alkyl halides is 3. The molecule has 0 bridgehead atoms. The van der Waals surface area contributed by atoms with E-state index < -0.39 is 17.6 Å². The van der Waals surface area contributed by atoms with E-state index in [1.165, 1.54) is 10.9 Å². The van der Waals surface area contributed by atoms with Crippen LogP contribution in [-0.2, 0) is 12.6 Å². The fourth-order valence-corrected chi connectivity index (χ4v) is 2.93. The third-order valence-electron chi connectivity index (χ3n) is 3.11. The number of anilines is 1. The van der Waals surface area contributed by atoms with Gasteiger partial charge in [0.25, 0.3) is 0 Å². The zero-order valence-corrected chi connectivity index (χ0v) is 12.4. The Morgan fingerprint density at radius 3 is 2.48 bits per heavy atom. The predicted molar refractivity (Wildman–Crippen MR) is 77.1 cm³/mol. The van der Waals surface area contributed by atoms with Gasteiger partial charge in [-0.05, 0) is 43.7 Å². The highest BCUT2D eigenvalue weighted by atomic mass is 32.1. The molecule has 2 rings (SSSR count). The topological polar surface area (TPSA) is 12.0 Å². The van der Waals surface area contributed by atoms with Crippen LogP contribution in [0, 0.1) is 5.82 Å². The first kappa shape index (κ1) is 15.8. The Kier molecular flexibility index (Phi) is 4.56. The van der Waals surface area contributed by atoms with Crippen molar-refractivity contribution in [2.24, 2.45) is 0 Å². The fourth-order valence-electron chi connectivity index (χ4n) is 1.97. The number of halogens is 4. The molecule has 1 aromatic heterocycles. The SMILES string of the molecule is CCc1ccc(C(C)Nc2ccc(F)c(C(F)(F)F)c2)s1. The molecule has 1 heterocycles. The standard InChI is InChI=1S/C15H15F4NS/c1-3-11-5-7-14(21-11)9(2)20-10-4-6-13(16)12(8-10)15(17,18)19/h4-9,20H,3H2,1-2H3. The van der Waals surface area contributed by atoms with Crippen molar-refractivity contribution in [1.82, 2.24) is 0 Å². The van der Waals surface area contributed by atoms with Crippen molar-refractivity contribution in [3.63, 3.8) is 0 Å². The number of nitrogens with one attached hydrogen (secondary N) is 1. The smallest absolute Gasteiger partial charge is 0.378 e. The molecule has 6 heteroatoms. The molecule has 1 aromatic carbocycles. The second kappa shape index (κ2) is 6.05. The van der Waals surface area contributed by atoms with Crippen LogP contribution in [0.2, 0.25) is 0 Å². The van der Waals surface area contributed by atoms with Crippen LogP contribution < -0.4 is 5.32 Å². The van der Waals surface area contributed by atoms with Crippen molar-refractivity contribution in [2.45, 2.75) is 32.5 Å². The van der Waals surface area contributed by atoms with Crippen LogP contribution in [0.25, 0.3) is 0 Å². The van der Waals surface area contributed by atoms with Gasteiger partial charge in [-0.3, -0.25) is 0 Å². The molecule has 0 aliphatic carbocycles. The van der Waals surface area contributed by atoms with Crippen molar-refractivity contribution in [3.8, 4) is 0 Å². The summed E-state index contributed by atoms with van der Waals surface area (Å²) in [6.45, 7) is 3.91. The Labute approximate surface area is 124 Å². The Balaban J connectivity index is 2.19. The quantitative estimate of drug-likeness (QED) is 0.719. The molecular formula is C15H15F4NS. The molecule has 0 aliphatic heterocycles. The summed E-state index contributed by atoms with van der Waals surface area (Å²) in [6.07, 6.45) is -3.77. The highest BCUT2D eigenvalue weighted by Gasteiger charge is 2.34. The minimum atomic E-state index is -4.69. The normalized spacial score (nSPS) is 13.2. The molecule has 1 unspecified atom stereocenters. The molecule has 0 saturated heterocycles. The van der Waals surface area contributed by atoms with Crippen LogP contribution in [0.5, 0.6) is 0 Å². The summed E-state index contributed by atoms with van der Waals surface area (Å²) in [7, 11) is 0. The van der Waals surface area contributed by atoms with Gasteiger partial charge in [-0.25, -0.2) is 4.39 Å². The van der Waals surface area contributed by atoms with Crippen LogP contribution in [-0.4, -0.2) is 0 Å². The van der Waals surface area contributed by atoms with Crippen molar-refractivity contribution < 1.29 is 17.6 Å². The predicted octanol–water partition coefficient (Wildman–Crippen LogP) is 5.64. The summed E-state index contributed by atoms with van der Waals surface area (Å²) in [6, 6.07) is 6.78. The van der Waals surface area contributed by atoms with Crippen LogP contribution in [0.15, 0.2) is 30.3 Å². The van der Waals surface area contributed by atoms with Crippen molar-refractivity contribution >= 4 is 17.0 Å². The number of benzene rings is 1. The van der Waals surface area contributed by atoms with Gasteiger partial charge in [0.15, 0.2) is 0 Å². The lowest BCUT2D eigenvalue weighted by Crippen LogP contribution is -2.10. The fraction of sp³-hybridized carbons (Fsp3) is 0.333. The molecule has 0 fully saturated rings. The maximum absolute atomic E-state index is 13.2. The summed E-state index contributed by atoms with van der Waals surface area (Å²) < 4.78 is 51.2. The first-order valence-corrected chi connectivity index (χ1v) is 7.34. The molecule has 1 atom stereocenters. The van der Waals surface area contributed by atoms with Crippen molar-refractivity contribution in [2.75, 3.05) is 5.32 Å². The van der Waals surface area contributed by atoms with E-state index in [1.54, 1.807) is 11.3 Å². The van der Waals surface area contributed by atoms with Gasteiger partial charge >= 0.3 is 6.18 Å². The second-order valence-corrected chi connectivity index (χ2v) is 5.92. The molecule has 114 valence electrons. The van der Waals surface area contributed by atoms with E-state index in [1.807, 2.05) is 26.0 Å². The van der Waals surface area contributed by atoms with Gasteiger partial charge < -0.3 is 5.32 Å². The summed E-state index contributed by atoms with van der Waals surface area (Å²) in [4.78, 5) is 2.25. The van der Waals surface area contributed by atoms with Gasteiger partial charge in [-0.1, -0.05) is 6.92 Å². The van der Waals surface area contributed by atoms with Crippen LogP contribution in [0.1, 0.15) is 35.2 Å². The molecule has 1 nitrogen and oxygen atoms in total. The van der Waals surface area contributed by atoms with E-state index in [0.717, 1.165) is 23.4 Å². The first-order valence-electron chi connectivity index (χ1n) is 6.53. The lowest BCUT2D eigenvalue weighted by atomic mass is 10.1. The number of rotatable bonds is 4. The molecular weight excluding hydrogens is 302 g/mol. The first-order chi connectivity index (χ1) is 9.81. The molecule has 21 heavy (non-hydrogen) atoms. The van der Waals surface area contributed by atoms with Crippen LogP contribution >= 0.6 is 11.3 Å². The van der Waals surface area contributed by atoms with E-state index in [2.05, 4.69) is 5.32 Å². The maximum Gasteiger partial charge on any atom is 0.419 e. The summed E-state index contributed by atoms with van der Waals surface area (Å²) in [5.74, 6) is -1.26. The summed E-state index contributed by atoms with van der Waals surface area (Å²) in [5, 5.41) is 2.98. The Hall–Kier alpha value is -1.56. The van der Waals surface area contributed by atoms with E-state index in [0.29, 0.717) is 0 Å². The minimum absolute atomic E-state index is 0.137. The third kappa shape index (κ3) is 3.75. The molecule has 1 N–H and O–H groups in total. The molecule has 0 aliphatic rings. The summed E-state index contributed by atoms with van der Waals surface area (Å²) in [5.41, 5.74) is -0.997. The van der Waals surface area contributed by atoms with Gasteiger partial charge in [-0.2, -0.15) is 13.2 Å². The monoisotopic (exact) mass is 317 g/mol. The zero-order chi connectivity index (χ0) is 15.6. The summed E-state index contributed by atoms with van der Waals surface area (Å²) >= 11 is 1.61. The van der Waals surface area contributed by atoms with E-state index >= 15 is 0 Å². The Morgan fingerprint density at radius 1 is 1.19 bits per heavy atom. The largest absolute Gasteiger partial charge is 0.419 e. The van der Waals surface area contributed by atoms with E-state index in [-0.39, 0.29) is 11.7 Å². The average molecular weight is 317 g/mol. The van der Waals surface area contributed by atoms with Gasteiger partial charge in [0, 0.05) is 15.4 Å². The second-order valence-electron chi connectivity index (χ2n) is 4.72. The van der Waals surface area contributed by atoms with Gasteiger partial charge in [0.1, 0.15) is 5.82 Å². The molecule has 2 aromatic rings. The van der Waals surface area contributed by atoms with Gasteiger partial charge in [-0.15, -0.1) is 11.3 Å². The number of aryl methyl sites for hydroxylation is 1. The van der Waals surface area contributed by atoms with Crippen molar-refractivity contribution in [1.29, 1.82) is 0 Å². The average Bonchev–Trinajstić information content (AvgIpc) is 2.88.